The molecule has 5 rings (SSSR count). The Morgan fingerprint density at radius 3 is 2.91 bits per heavy atom. The molecule has 1 atom stereocenters. The smallest absolute Gasteiger partial charge is 0.264 e. The predicted molar refractivity (Wildman–Crippen MR) is 128 cm³/mol. The molecule has 3 N–H and O–H groups in total. The van der Waals surface area contributed by atoms with Gasteiger partial charge in [0.05, 0.1) is 27.0 Å². The van der Waals surface area contributed by atoms with Crippen LogP contribution in [0.5, 0.6) is 0 Å². The van der Waals surface area contributed by atoms with E-state index >= 15 is 0 Å². The number of likely N-dealkylation sites (tertiary alicyclic amines) is 1. The second kappa shape index (κ2) is 7.88. The number of thiophene rings is 1. The number of aromatic amines is 1. The summed E-state index contributed by atoms with van der Waals surface area (Å²) in [6.45, 7) is 2.92. The van der Waals surface area contributed by atoms with Crippen LogP contribution in [0.1, 0.15) is 21.8 Å². The van der Waals surface area contributed by atoms with Crippen molar-refractivity contribution in [3.63, 3.8) is 0 Å². The minimum absolute atomic E-state index is 0.0963. The molecule has 1 aliphatic rings. The van der Waals surface area contributed by atoms with Crippen molar-refractivity contribution in [2.45, 2.75) is 19.4 Å². The monoisotopic (exact) mass is 469 g/mol. The first-order chi connectivity index (χ1) is 15.2. The first kappa shape index (κ1) is 20.9. The summed E-state index contributed by atoms with van der Waals surface area (Å²) >= 11 is 1.40. The Balaban J connectivity index is 1.38. The second-order valence-corrected chi connectivity index (χ2v) is 11.0. The number of hydrogen-bond acceptors (Lipinski definition) is 6. The maximum absolute atomic E-state index is 13.1. The van der Waals surface area contributed by atoms with Crippen LogP contribution in [-0.2, 0) is 10.0 Å². The molecule has 1 saturated heterocycles. The minimum atomic E-state index is -3.30. The molecule has 4 aromatic rings. The first-order valence-corrected chi connectivity index (χ1v) is 13.0. The standard InChI is InChI=1S/C22H23N5O3S2/c1-13-9-14-10-15(3-4-17(14)24-13)25-18-5-7-23-19-11-20(31-21(18)19)22(28)27-8-6-16(12-27)26-32(2,29)30/h3-5,7,9-11,16,24,26H,6,8,12H2,1-2H3,(H,23,25). The molecule has 1 amide bonds. The summed E-state index contributed by atoms with van der Waals surface area (Å²) < 4.78 is 26.5. The number of H-pyrrole nitrogens is 1. The zero-order valence-electron chi connectivity index (χ0n) is 17.7. The van der Waals surface area contributed by atoms with Crippen LogP contribution < -0.4 is 10.0 Å². The Morgan fingerprint density at radius 1 is 1.25 bits per heavy atom. The third kappa shape index (κ3) is 4.21. The van der Waals surface area contributed by atoms with Crippen LogP contribution in [0, 0.1) is 6.92 Å². The molecule has 10 heteroatoms. The van der Waals surface area contributed by atoms with Crippen molar-refractivity contribution < 1.29 is 13.2 Å². The van der Waals surface area contributed by atoms with Gasteiger partial charge in [-0.2, -0.15) is 0 Å². The van der Waals surface area contributed by atoms with E-state index in [1.807, 2.05) is 31.2 Å². The molecular formula is C22H23N5O3S2. The lowest BCUT2D eigenvalue weighted by atomic mass is 10.2. The molecule has 1 aromatic carbocycles. The summed E-state index contributed by atoms with van der Waals surface area (Å²) in [5, 5.41) is 4.59. The van der Waals surface area contributed by atoms with E-state index in [-0.39, 0.29) is 11.9 Å². The number of aryl methyl sites for hydroxylation is 1. The van der Waals surface area contributed by atoms with Gasteiger partial charge in [0, 0.05) is 47.6 Å². The summed E-state index contributed by atoms with van der Waals surface area (Å²) in [5.74, 6) is -0.0963. The summed E-state index contributed by atoms with van der Waals surface area (Å²) in [6, 6.07) is 11.7. The Hall–Kier alpha value is -2.95. The molecule has 0 spiro atoms. The molecule has 3 aromatic heterocycles. The minimum Gasteiger partial charge on any atom is -0.359 e. The number of pyridine rings is 1. The van der Waals surface area contributed by atoms with E-state index in [4.69, 9.17) is 0 Å². The molecule has 1 aliphatic heterocycles. The van der Waals surface area contributed by atoms with E-state index < -0.39 is 10.0 Å². The van der Waals surface area contributed by atoms with Crippen LogP contribution >= 0.6 is 11.3 Å². The number of aromatic nitrogens is 2. The molecule has 4 heterocycles. The van der Waals surface area contributed by atoms with Crippen LogP contribution in [0.2, 0.25) is 0 Å². The second-order valence-electron chi connectivity index (χ2n) is 8.19. The van der Waals surface area contributed by atoms with Gasteiger partial charge >= 0.3 is 0 Å². The summed E-state index contributed by atoms with van der Waals surface area (Å²) in [7, 11) is -3.30. The Morgan fingerprint density at radius 2 is 2.09 bits per heavy atom. The summed E-state index contributed by atoms with van der Waals surface area (Å²) in [4.78, 5) is 23.1. The number of anilines is 2. The quantitative estimate of drug-likeness (QED) is 0.414. The van der Waals surface area contributed by atoms with E-state index in [0.29, 0.717) is 24.4 Å². The molecule has 0 radical (unpaired) electrons. The molecule has 32 heavy (non-hydrogen) atoms. The molecule has 0 bridgehead atoms. The number of benzene rings is 1. The van der Waals surface area contributed by atoms with Gasteiger partial charge in [-0.25, -0.2) is 13.1 Å². The van der Waals surface area contributed by atoms with Crippen molar-refractivity contribution >= 4 is 59.8 Å². The Labute approximate surface area is 189 Å². The highest BCUT2D eigenvalue weighted by atomic mass is 32.2. The van der Waals surface area contributed by atoms with Crippen molar-refractivity contribution in [2.24, 2.45) is 0 Å². The third-order valence-electron chi connectivity index (χ3n) is 5.51. The van der Waals surface area contributed by atoms with Gasteiger partial charge in [0.2, 0.25) is 10.0 Å². The topological polar surface area (TPSA) is 107 Å². The largest absolute Gasteiger partial charge is 0.359 e. The van der Waals surface area contributed by atoms with Gasteiger partial charge in [-0.3, -0.25) is 9.78 Å². The van der Waals surface area contributed by atoms with Crippen LogP contribution in [0.15, 0.2) is 42.6 Å². The lowest BCUT2D eigenvalue weighted by Crippen LogP contribution is -2.37. The van der Waals surface area contributed by atoms with Gasteiger partial charge in [-0.05, 0) is 49.7 Å². The molecule has 0 saturated carbocycles. The van der Waals surface area contributed by atoms with E-state index in [1.165, 1.54) is 11.3 Å². The molecule has 166 valence electrons. The van der Waals surface area contributed by atoms with Gasteiger partial charge < -0.3 is 15.2 Å². The number of carbonyl (C=O) groups is 1. The number of amides is 1. The van der Waals surface area contributed by atoms with Crippen LogP contribution in [0.25, 0.3) is 21.1 Å². The molecular weight excluding hydrogens is 446 g/mol. The molecule has 1 fully saturated rings. The number of nitrogens with one attached hydrogen (secondary N) is 3. The normalized spacial score (nSPS) is 16.8. The Kier molecular flexibility index (Phi) is 5.15. The summed E-state index contributed by atoms with van der Waals surface area (Å²) in [6.07, 6.45) is 3.47. The number of sulfonamides is 1. The van der Waals surface area contributed by atoms with Crippen molar-refractivity contribution in [3.05, 3.63) is 53.2 Å². The molecule has 8 nitrogen and oxygen atoms in total. The van der Waals surface area contributed by atoms with E-state index in [1.54, 1.807) is 11.1 Å². The fourth-order valence-electron chi connectivity index (χ4n) is 4.15. The highest BCUT2D eigenvalue weighted by Crippen LogP contribution is 2.34. The van der Waals surface area contributed by atoms with Gasteiger partial charge in [0.25, 0.3) is 5.91 Å². The highest BCUT2D eigenvalue weighted by Gasteiger charge is 2.29. The van der Waals surface area contributed by atoms with E-state index in [2.05, 4.69) is 32.1 Å². The van der Waals surface area contributed by atoms with Crippen LogP contribution in [0.3, 0.4) is 0 Å². The van der Waals surface area contributed by atoms with Crippen LogP contribution in [0.4, 0.5) is 11.4 Å². The average molecular weight is 470 g/mol. The lowest BCUT2D eigenvalue weighted by molar-refractivity contribution is 0.0795. The van der Waals surface area contributed by atoms with Gasteiger partial charge in [0.15, 0.2) is 0 Å². The zero-order valence-corrected chi connectivity index (χ0v) is 19.3. The lowest BCUT2D eigenvalue weighted by Gasteiger charge is -2.15. The van der Waals surface area contributed by atoms with Gasteiger partial charge in [-0.15, -0.1) is 11.3 Å². The van der Waals surface area contributed by atoms with Gasteiger partial charge in [-0.1, -0.05) is 0 Å². The number of nitrogens with zero attached hydrogens (tertiary/aromatic N) is 2. The predicted octanol–water partition coefficient (Wildman–Crippen LogP) is 3.59. The van der Waals surface area contributed by atoms with Crippen molar-refractivity contribution in [1.29, 1.82) is 0 Å². The average Bonchev–Trinajstić information content (AvgIpc) is 3.43. The Bertz CT molecular complexity index is 1440. The van der Waals surface area contributed by atoms with E-state index in [9.17, 15) is 13.2 Å². The SMILES string of the molecule is Cc1cc2cc(Nc3ccnc4cc(C(=O)N5CCC(NS(C)(=O)=O)C5)sc34)ccc2[nH]1. The molecule has 0 aliphatic carbocycles. The van der Waals surface area contributed by atoms with Crippen LogP contribution in [-0.4, -0.2) is 54.6 Å². The summed E-state index contributed by atoms with van der Waals surface area (Å²) in [5.41, 5.74) is 4.81. The molecule has 1 unspecified atom stereocenters. The highest BCUT2D eigenvalue weighted by molar-refractivity contribution is 7.88. The van der Waals surface area contributed by atoms with Crippen molar-refractivity contribution in [3.8, 4) is 0 Å². The third-order valence-corrected chi connectivity index (χ3v) is 7.42. The number of rotatable bonds is 5. The van der Waals surface area contributed by atoms with Gasteiger partial charge in [0.1, 0.15) is 0 Å². The number of fused-ring (bicyclic) bond motifs is 2. The zero-order chi connectivity index (χ0) is 22.5. The van der Waals surface area contributed by atoms with Crippen molar-refractivity contribution in [1.82, 2.24) is 19.6 Å². The van der Waals surface area contributed by atoms with E-state index in [0.717, 1.165) is 44.4 Å². The maximum Gasteiger partial charge on any atom is 0.264 e. The number of hydrogen-bond donors (Lipinski definition) is 3. The van der Waals surface area contributed by atoms with Crippen molar-refractivity contribution in [2.75, 3.05) is 24.7 Å². The maximum atomic E-state index is 13.1. The fraction of sp³-hybridized carbons (Fsp3) is 0.273. The first-order valence-electron chi connectivity index (χ1n) is 10.3. The number of carbonyl (C=O) groups excluding carboxylic acids is 1. The fourth-order valence-corrected chi connectivity index (χ4v) is 6.00.